The Kier molecular flexibility index (Phi) is 7.80. The number of carbonyl (C=O) groups excluding carboxylic acids is 1. The predicted octanol–water partition coefficient (Wildman–Crippen LogP) is 4.19. The summed E-state index contributed by atoms with van der Waals surface area (Å²) in [7, 11) is 1.68. The Morgan fingerprint density at radius 1 is 1.11 bits per heavy atom. The van der Waals surface area contributed by atoms with Crippen molar-refractivity contribution in [2.24, 2.45) is 0 Å². The van der Waals surface area contributed by atoms with Gasteiger partial charge in [-0.05, 0) is 56.1 Å². The van der Waals surface area contributed by atoms with E-state index in [9.17, 15) is 4.79 Å². The van der Waals surface area contributed by atoms with Gasteiger partial charge in [0.25, 0.3) is 0 Å². The molecule has 1 amide bonds. The average molecular weight is 399 g/mol. The second kappa shape index (κ2) is 10.5. The van der Waals surface area contributed by atoms with Gasteiger partial charge in [-0.25, -0.2) is 0 Å². The van der Waals surface area contributed by atoms with Crippen molar-refractivity contribution in [3.8, 4) is 5.75 Å². The number of methoxy groups -OCH3 is 1. The number of aryl methyl sites for hydroxylation is 1. The van der Waals surface area contributed by atoms with Crippen LogP contribution in [0.1, 0.15) is 35.6 Å². The summed E-state index contributed by atoms with van der Waals surface area (Å²) in [5.41, 5.74) is 3.75. The lowest BCUT2D eigenvalue weighted by atomic mass is 10.1. The Labute approximate surface area is 172 Å². The van der Waals surface area contributed by atoms with Gasteiger partial charge in [0.15, 0.2) is 0 Å². The van der Waals surface area contributed by atoms with Gasteiger partial charge in [-0.3, -0.25) is 9.69 Å². The van der Waals surface area contributed by atoms with Gasteiger partial charge in [0.05, 0.1) is 18.9 Å². The Hall–Kier alpha value is -1.98. The molecule has 2 aromatic rings. The first-order valence-electron chi connectivity index (χ1n) is 9.93. The lowest BCUT2D eigenvalue weighted by Crippen LogP contribution is -2.37. The number of rotatable bonds is 9. The maximum atomic E-state index is 12.4. The molecule has 1 aliphatic rings. The van der Waals surface area contributed by atoms with Gasteiger partial charge in [-0.2, -0.15) is 0 Å². The van der Waals surface area contributed by atoms with E-state index in [4.69, 9.17) is 4.74 Å². The largest absolute Gasteiger partial charge is 0.497 e. The minimum Gasteiger partial charge on any atom is -0.497 e. The number of ether oxygens (including phenoxy) is 1. The summed E-state index contributed by atoms with van der Waals surface area (Å²) in [6, 6.07) is 16.9. The number of amides is 1. The van der Waals surface area contributed by atoms with Crippen LogP contribution in [0.25, 0.3) is 0 Å². The highest BCUT2D eigenvalue weighted by Crippen LogP contribution is 2.26. The van der Waals surface area contributed by atoms with E-state index in [1.165, 1.54) is 29.5 Å². The molecule has 0 radical (unpaired) electrons. The van der Waals surface area contributed by atoms with Crippen molar-refractivity contribution in [3.05, 3.63) is 65.2 Å². The van der Waals surface area contributed by atoms with Crippen molar-refractivity contribution < 1.29 is 9.53 Å². The van der Waals surface area contributed by atoms with Gasteiger partial charge in [-0.15, -0.1) is 11.8 Å². The van der Waals surface area contributed by atoms with Crippen LogP contribution in [-0.2, 0) is 10.5 Å². The van der Waals surface area contributed by atoms with E-state index in [0.29, 0.717) is 12.3 Å². The topological polar surface area (TPSA) is 41.6 Å². The fraction of sp³-hybridized carbons (Fsp3) is 0.435. The first-order chi connectivity index (χ1) is 13.7. The maximum Gasteiger partial charge on any atom is 0.230 e. The third kappa shape index (κ3) is 6.01. The summed E-state index contributed by atoms with van der Waals surface area (Å²) in [5, 5.41) is 3.15. The van der Waals surface area contributed by atoms with Gasteiger partial charge < -0.3 is 10.1 Å². The normalized spacial score (nSPS) is 15.4. The zero-order valence-electron chi connectivity index (χ0n) is 16.8. The SMILES string of the molecule is COc1ccc(C(CNC(=O)CSCc2ccc(C)cc2)N2CCCC2)cc1. The molecule has 0 aliphatic carbocycles. The lowest BCUT2D eigenvalue weighted by Gasteiger charge is -2.28. The van der Waals surface area contributed by atoms with Crippen LogP contribution in [-0.4, -0.2) is 43.3 Å². The molecule has 1 unspecified atom stereocenters. The quantitative estimate of drug-likeness (QED) is 0.688. The zero-order chi connectivity index (χ0) is 19.8. The number of hydrogen-bond acceptors (Lipinski definition) is 4. The number of benzene rings is 2. The van der Waals surface area contributed by atoms with E-state index in [1.807, 2.05) is 12.1 Å². The highest BCUT2D eigenvalue weighted by molar-refractivity contribution is 7.99. The van der Waals surface area contributed by atoms with Crippen LogP contribution in [0.5, 0.6) is 5.75 Å². The minimum atomic E-state index is 0.106. The second-order valence-electron chi connectivity index (χ2n) is 7.31. The number of hydrogen-bond donors (Lipinski definition) is 1. The molecule has 3 rings (SSSR count). The summed E-state index contributed by atoms with van der Waals surface area (Å²) in [5.74, 6) is 2.32. The molecule has 2 aromatic carbocycles. The van der Waals surface area contributed by atoms with Crippen LogP contribution < -0.4 is 10.1 Å². The molecule has 0 saturated carbocycles. The molecule has 1 aliphatic heterocycles. The van der Waals surface area contributed by atoms with Gasteiger partial charge in [0, 0.05) is 12.3 Å². The van der Waals surface area contributed by atoms with Crippen molar-refractivity contribution in [1.82, 2.24) is 10.2 Å². The molecule has 5 heteroatoms. The highest BCUT2D eigenvalue weighted by atomic mass is 32.2. The molecule has 1 atom stereocenters. The van der Waals surface area contributed by atoms with Crippen LogP contribution in [0.15, 0.2) is 48.5 Å². The van der Waals surface area contributed by atoms with E-state index in [2.05, 4.69) is 53.5 Å². The fourth-order valence-corrected chi connectivity index (χ4v) is 4.36. The van der Waals surface area contributed by atoms with Crippen molar-refractivity contribution >= 4 is 17.7 Å². The molecule has 1 N–H and O–H groups in total. The summed E-state index contributed by atoms with van der Waals surface area (Å²) in [6.07, 6.45) is 2.46. The Morgan fingerprint density at radius 3 is 2.43 bits per heavy atom. The van der Waals surface area contributed by atoms with Gasteiger partial charge in [0.2, 0.25) is 5.91 Å². The molecular weight excluding hydrogens is 368 g/mol. The van der Waals surface area contributed by atoms with Gasteiger partial charge >= 0.3 is 0 Å². The Balaban J connectivity index is 1.50. The van der Waals surface area contributed by atoms with Crippen LogP contribution in [0.2, 0.25) is 0 Å². The van der Waals surface area contributed by atoms with E-state index >= 15 is 0 Å². The molecule has 1 fully saturated rings. The number of likely N-dealkylation sites (tertiary alicyclic amines) is 1. The number of nitrogens with one attached hydrogen (secondary N) is 1. The van der Waals surface area contributed by atoms with E-state index in [0.717, 1.165) is 24.6 Å². The van der Waals surface area contributed by atoms with Crippen molar-refractivity contribution in [2.75, 3.05) is 32.5 Å². The first-order valence-corrected chi connectivity index (χ1v) is 11.1. The van der Waals surface area contributed by atoms with Crippen LogP contribution in [0.3, 0.4) is 0 Å². The standard InChI is InChI=1S/C23H30N2O2S/c1-18-5-7-19(8-6-18)16-28-17-23(26)24-15-22(25-13-3-4-14-25)20-9-11-21(27-2)12-10-20/h5-12,22H,3-4,13-17H2,1-2H3,(H,24,26). The third-order valence-electron chi connectivity index (χ3n) is 5.20. The summed E-state index contributed by atoms with van der Waals surface area (Å²) in [4.78, 5) is 14.8. The average Bonchev–Trinajstić information content (AvgIpc) is 3.25. The molecule has 0 spiro atoms. The van der Waals surface area contributed by atoms with Crippen LogP contribution in [0, 0.1) is 6.92 Å². The molecule has 4 nitrogen and oxygen atoms in total. The first kappa shape index (κ1) is 20.7. The van der Waals surface area contributed by atoms with E-state index in [1.54, 1.807) is 18.9 Å². The predicted molar refractivity (Wildman–Crippen MR) is 117 cm³/mol. The molecule has 1 heterocycles. The number of thioether (sulfide) groups is 1. The second-order valence-corrected chi connectivity index (χ2v) is 8.30. The van der Waals surface area contributed by atoms with Crippen molar-refractivity contribution in [2.45, 2.75) is 31.6 Å². The summed E-state index contributed by atoms with van der Waals surface area (Å²) < 4.78 is 5.27. The fourth-order valence-electron chi connectivity index (χ4n) is 3.54. The third-order valence-corrected chi connectivity index (χ3v) is 6.20. The molecule has 28 heavy (non-hydrogen) atoms. The maximum absolute atomic E-state index is 12.4. The van der Waals surface area contributed by atoms with Crippen LogP contribution >= 0.6 is 11.8 Å². The molecule has 150 valence electrons. The van der Waals surface area contributed by atoms with Crippen molar-refractivity contribution in [3.63, 3.8) is 0 Å². The summed E-state index contributed by atoms with van der Waals surface area (Å²) in [6.45, 7) is 4.92. The zero-order valence-corrected chi connectivity index (χ0v) is 17.6. The highest BCUT2D eigenvalue weighted by Gasteiger charge is 2.24. The number of nitrogens with zero attached hydrogens (tertiary/aromatic N) is 1. The lowest BCUT2D eigenvalue weighted by molar-refractivity contribution is -0.118. The molecule has 0 bridgehead atoms. The van der Waals surface area contributed by atoms with E-state index in [-0.39, 0.29) is 11.9 Å². The smallest absolute Gasteiger partial charge is 0.230 e. The molecule has 1 saturated heterocycles. The molecule has 0 aromatic heterocycles. The summed E-state index contributed by atoms with van der Waals surface area (Å²) >= 11 is 1.66. The van der Waals surface area contributed by atoms with Crippen molar-refractivity contribution in [1.29, 1.82) is 0 Å². The number of carbonyl (C=O) groups is 1. The minimum absolute atomic E-state index is 0.106. The monoisotopic (exact) mass is 398 g/mol. The molecular formula is C23H30N2O2S. The Morgan fingerprint density at radius 2 is 1.79 bits per heavy atom. The van der Waals surface area contributed by atoms with E-state index < -0.39 is 0 Å². The Bertz CT molecular complexity index is 740. The van der Waals surface area contributed by atoms with Gasteiger partial charge in [-0.1, -0.05) is 42.0 Å². The van der Waals surface area contributed by atoms with Crippen LogP contribution in [0.4, 0.5) is 0 Å². The van der Waals surface area contributed by atoms with Gasteiger partial charge in [0.1, 0.15) is 5.75 Å².